The highest BCUT2D eigenvalue weighted by molar-refractivity contribution is 6.11. The standard InChI is InChI=1S/C30H33N9O3/c1-19(35-28-27-29(32-17-31-28)39(18-33-27)24-8-3-4-11-42-24)23-14-20-6-5-7-22(21-15-34-37(2)16-21)25(20)26(36-23)30(40)38-9-12-41-13-10-38/h5-7,14-19,24H,3-4,8-13H2,1-2H3,(H,31,32,35)/t19-,24?/m0/s1. The predicted octanol–water partition coefficient (Wildman–Crippen LogP) is 4.12. The van der Waals surface area contributed by atoms with Crippen molar-refractivity contribution >= 4 is 33.7 Å². The molecule has 0 radical (unpaired) electrons. The Morgan fingerprint density at radius 2 is 2.00 bits per heavy atom. The van der Waals surface area contributed by atoms with E-state index in [1.165, 1.54) is 0 Å². The van der Waals surface area contributed by atoms with Gasteiger partial charge in [-0.1, -0.05) is 18.2 Å². The highest BCUT2D eigenvalue weighted by atomic mass is 16.5. The van der Waals surface area contributed by atoms with Crippen LogP contribution in [0.2, 0.25) is 0 Å². The third-order valence-corrected chi connectivity index (χ3v) is 8.02. The third kappa shape index (κ3) is 4.86. The van der Waals surface area contributed by atoms with E-state index in [-0.39, 0.29) is 18.2 Å². The number of morpholine rings is 1. The number of aryl methyl sites for hydroxylation is 1. The molecule has 2 aliphatic heterocycles. The molecule has 42 heavy (non-hydrogen) atoms. The minimum Gasteiger partial charge on any atom is -0.378 e. The van der Waals surface area contributed by atoms with Crippen molar-refractivity contribution in [3.8, 4) is 11.1 Å². The second-order valence-electron chi connectivity index (χ2n) is 10.8. The van der Waals surface area contributed by atoms with Gasteiger partial charge in [0.2, 0.25) is 0 Å². The number of hydrogen-bond acceptors (Lipinski definition) is 9. The molecule has 1 unspecified atom stereocenters. The number of ether oxygens (including phenoxy) is 2. The third-order valence-electron chi connectivity index (χ3n) is 8.02. The van der Waals surface area contributed by atoms with E-state index in [1.807, 2.05) is 60.1 Å². The number of imidazole rings is 1. The van der Waals surface area contributed by atoms with Crippen molar-refractivity contribution in [1.29, 1.82) is 0 Å². The molecule has 0 bridgehead atoms. The van der Waals surface area contributed by atoms with Crippen LogP contribution in [0.15, 0.2) is 49.3 Å². The fourth-order valence-electron chi connectivity index (χ4n) is 5.82. The molecule has 2 saturated heterocycles. The number of rotatable bonds is 6. The molecule has 0 aliphatic carbocycles. The molecule has 1 amide bonds. The number of anilines is 1. The molecule has 0 spiro atoms. The predicted molar refractivity (Wildman–Crippen MR) is 157 cm³/mol. The number of benzene rings is 1. The van der Waals surface area contributed by atoms with Gasteiger partial charge in [-0.15, -0.1) is 0 Å². The van der Waals surface area contributed by atoms with Crippen LogP contribution in [0.5, 0.6) is 0 Å². The van der Waals surface area contributed by atoms with Gasteiger partial charge >= 0.3 is 0 Å². The van der Waals surface area contributed by atoms with Crippen LogP contribution in [0.4, 0.5) is 5.82 Å². The second kappa shape index (κ2) is 11.1. The summed E-state index contributed by atoms with van der Waals surface area (Å²) in [6, 6.07) is 7.81. The van der Waals surface area contributed by atoms with Gasteiger partial charge in [-0.2, -0.15) is 5.10 Å². The van der Waals surface area contributed by atoms with Crippen molar-refractivity contribution in [3.05, 3.63) is 60.7 Å². The molecule has 2 atom stereocenters. The molecule has 1 N–H and O–H groups in total. The van der Waals surface area contributed by atoms with Gasteiger partial charge in [-0.05, 0) is 43.2 Å². The first-order valence-corrected chi connectivity index (χ1v) is 14.4. The van der Waals surface area contributed by atoms with E-state index < -0.39 is 0 Å². The Hall–Kier alpha value is -4.42. The first kappa shape index (κ1) is 26.5. The molecule has 4 aromatic heterocycles. The number of aromatic nitrogens is 7. The van der Waals surface area contributed by atoms with E-state index >= 15 is 0 Å². The summed E-state index contributed by atoms with van der Waals surface area (Å²) in [5, 5.41) is 9.59. The monoisotopic (exact) mass is 567 g/mol. The molecule has 2 fully saturated rings. The first-order chi connectivity index (χ1) is 20.6. The van der Waals surface area contributed by atoms with Gasteiger partial charge < -0.3 is 19.7 Å². The van der Waals surface area contributed by atoms with Crippen molar-refractivity contribution in [2.75, 3.05) is 38.2 Å². The molecule has 2 aliphatic rings. The van der Waals surface area contributed by atoms with Crippen LogP contribution in [-0.2, 0) is 16.5 Å². The molecule has 12 nitrogen and oxygen atoms in total. The summed E-state index contributed by atoms with van der Waals surface area (Å²) < 4.78 is 15.2. The maximum absolute atomic E-state index is 14.0. The summed E-state index contributed by atoms with van der Waals surface area (Å²) in [7, 11) is 1.88. The van der Waals surface area contributed by atoms with Crippen molar-refractivity contribution in [3.63, 3.8) is 0 Å². The maximum atomic E-state index is 14.0. The minimum atomic E-state index is -0.276. The molecule has 12 heteroatoms. The minimum absolute atomic E-state index is 0.0751. The molecular formula is C30H33N9O3. The van der Waals surface area contributed by atoms with Gasteiger partial charge in [0.05, 0.1) is 37.5 Å². The molecule has 7 rings (SSSR count). The van der Waals surface area contributed by atoms with E-state index in [4.69, 9.17) is 14.5 Å². The summed E-state index contributed by atoms with van der Waals surface area (Å²) >= 11 is 0. The highest BCUT2D eigenvalue weighted by Crippen LogP contribution is 2.34. The summed E-state index contributed by atoms with van der Waals surface area (Å²) in [5.74, 6) is 0.499. The zero-order valence-electron chi connectivity index (χ0n) is 23.7. The Labute approximate surface area is 242 Å². The van der Waals surface area contributed by atoms with Gasteiger partial charge in [0.1, 0.15) is 18.2 Å². The Morgan fingerprint density at radius 1 is 1.12 bits per heavy atom. The Bertz CT molecular complexity index is 1750. The highest BCUT2D eigenvalue weighted by Gasteiger charge is 2.26. The van der Waals surface area contributed by atoms with Crippen LogP contribution in [-0.4, -0.2) is 78.0 Å². The lowest BCUT2D eigenvalue weighted by Gasteiger charge is -2.27. The van der Waals surface area contributed by atoms with Crippen molar-refractivity contribution in [2.24, 2.45) is 7.05 Å². The Morgan fingerprint density at radius 3 is 2.79 bits per heavy atom. The second-order valence-corrected chi connectivity index (χ2v) is 10.8. The fourth-order valence-corrected chi connectivity index (χ4v) is 5.82. The zero-order valence-corrected chi connectivity index (χ0v) is 23.7. The molecule has 216 valence electrons. The maximum Gasteiger partial charge on any atom is 0.273 e. The zero-order chi connectivity index (χ0) is 28.6. The van der Waals surface area contributed by atoms with Crippen LogP contribution < -0.4 is 5.32 Å². The Kier molecular flexibility index (Phi) is 7.00. The average molecular weight is 568 g/mol. The van der Waals surface area contributed by atoms with Gasteiger partial charge in [-0.3, -0.25) is 14.0 Å². The number of pyridine rings is 1. The van der Waals surface area contributed by atoms with Gasteiger partial charge in [0, 0.05) is 43.9 Å². The quantitative estimate of drug-likeness (QED) is 0.323. The van der Waals surface area contributed by atoms with Crippen molar-refractivity contribution in [1.82, 2.24) is 39.2 Å². The van der Waals surface area contributed by atoms with Crippen LogP contribution in [0.3, 0.4) is 0 Å². The van der Waals surface area contributed by atoms with E-state index in [1.54, 1.807) is 17.3 Å². The van der Waals surface area contributed by atoms with Crippen LogP contribution >= 0.6 is 0 Å². The number of carbonyl (C=O) groups is 1. The molecule has 1 aromatic carbocycles. The summed E-state index contributed by atoms with van der Waals surface area (Å²) in [4.78, 5) is 34.5. The van der Waals surface area contributed by atoms with E-state index in [0.717, 1.165) is 59.1 Å². The largest absolute Gasteiger partial charge is 0.378 e. The molecule has 0 saturated carbocycles. The molecule has 5 aromatic rings. The Balaban J connectivity index is 1.28. The van der Waals surface area contributed by atoms with E-state index in [2.05, 4.69) is 25.4 Å². The number of carbonyl (C=O) groups excluding carboxylic acids is 1. The van der Waals surface area contributed by atoms with Crippen LogP contribution in [0.1, 0.15) is 54.6 Å². The van der Waals surface area contributed by atoms with Gasteiger partial charge in [0.15, 0.2) is 17.0 Å². The lowest BCUT2D eigenvalue weighted by Crippen LogP contribution is -2.41. The fraction of sp³-hybridized carbons (Fsp3) is 0.400. The van der Waals surface area contributed by atoms with E-state index in [0.29, 0.717) is 43.3 Å². The van der Waals surface area contributed by atoms with Crippen molar-refractivity contribution in [2.45, 2.75) is 38.5 Å². The normalized spacial score (nSPS) is 18.4. The number of hydrogen-bond donors (Lipinski definition) is 1. The average Bonchev–Trinajstić information content (AvgIpc) is 3.67. The number of fused-ring (bicyclic) bond motifs is 2. The summed E-state index contributed by atoms with van der Waals surface area (Å²) in [5.41, 5.74) is 4.39. The van der Waals surface area contributed by atoms with Crippen molar-refractivity contribution < 1.29 is 14.3 Å². The number of nitrogens with one attached hydrogen (secondary N) is 1. The molecular weight excluding hydrogens is 534 g/mol. The number of amides is 1. The van der Waals surface area contributed by atoms with E-state index in [9.17, 15) is 4.79 Å². The lowest BCUT2D eigenvalue weighted by atomic mass is 9.97. The topological polar surface area (TPSA) is 125 Å². The summed E-state index contributed by atoms with van der Waals surface area (Å²) in [6.45, 7) is 4.83. The SMILES string of the molecule is C[C@H](Nc1ncnc2c1ncn2C1CCCCO1)c1cc2cccc(-c3cnn(C)c3)c2c(C(=O)N2CCOCC2)n1. The van der Waals surface area contributed by atoms with Gasteiger partial charge in [0.25, 0.3) is 5.91 Å². The first-order valence-electron chi connectivity index (χ1n) is 14.4. The summed E-state index contributed by atoms with van der Waals surface area (Å²) in [6.07, 6.45) is 10.1. The smallest absolute Gasteiger partial charge is 0.273 e. The van der Waals surface area contributed by atoms with Crippen LogP contribution in [0, 0.1) is 0 Å². The lowest BCUT2D eigenvalue weighted by molar-refractivity contribution is -0.0298. The molecule has 6 heterocycles. The number of nitrogens with zero attached hydrogens (tertiary/aromatic N) is 8. The van der Waals surface area contributed by atoms with Crippen LogP contribution in [0.25, 0.3) is 33.1 Å². The van der Waals surface area contributed by atoms with Gasteiger partial charge in [-0.25, -0.2) is 19.9 Å².